The Morgan fingerprint density at radius 2 is 2.05 bits per heavy atom. The number of hydrogen-bond donors (Lipinski definition) is 0. The summed E-state index contributed by atoms with van der Waals surface area (Å²) in [7, 11) is 0. The molecule has 1 aliphatic heterocycles. The maximum atomic E-state index is 12.6. The van der Waals surface area contributed by atoms with Gasteiger partial charge >= 0.3 is 0 Å². The van der Waals surface area contributed by atoms with Crippen LogP contribution in [0, 0.1) is 17.8 Å². The summed E-state index contributed by atoms with van der Waals surface area (Å²) in [5.41, 5.74) is 0. The second kappa shape index (κ2) is 4.88. The van der Waals surface area contributed by atoms with E-state index in [-0.39, 0.29) is 5.92 Å². The fourth-order valence-electron chi connectivity index (χ4n) is 3.79. The number of allylic oxidation sites excluding steroid dienone is 2. The van der Waals surface area contributed by atoms with Gasteiger partial charge in [0.2, 0.25) is 5.91 Å². The number of thiazole rings is 1. The Balaban J connectivity index is 1.37. The van der Waals surface area contributed by atoms with E-state index in [9.17, 15) is 4.79 Å². The van der Waals surface area contributed by atoms with Gasteiger partial charge in [0.05, 0.1) is 0 Å². The second-order valence-electron chi connectivity index (χ2n) is 6.01. The first-order valence-electron chi connectivity index (χ1n) is 7.43. The number of fused-ring (bicyclic) bond motifs is 2. The van der Waals surface area contributed by atoms with E-state index in [0.29, 0.717) is 17.7 Å². The molecule has 2 fully saturated rings. The minimum atomic E-state index is 0.261. The molecule has 0 aromatic carbocycles. The molecule has 1 aromatic heterocycles. The Morgan fingerprint density at radius 1 is 1.20 bits per heavy atom. The van der Waals surface area contributed by atoms with Gasteiger partial charge < -0.3 is 9.80 Å². The van der Waals surface area contributed by atoms with Crippen molar-refractivity contribution in [3.63, 3.8) is 0 Å². The van der Waals surface area contributed by atoms with Gasteiger partial charge in [-0.25, -0.2) is 4.98 Å². The zero-order valence-corrected chi connectivity index (χ0v) is 12.3. The lowest BCUT2D eigenvalue weighted by atomic mass is 9.92. The van der Waals surface area contributed by atoms with Gasteiger partial charge in [-0.1, -0.05) is 12.2 Å². The van der Waals surface area contributed by atoms with Crippen molar-refractivity contribution >= 4 is 22.4 Å². The number of amides is 1. The topological polar surface area (TPSA) is 36.4 Å². The quantitative estimate of drug-likeness (QED) is 0.781. The smallest absolute Gasteiger partial charge is 0.226 e. The van der Waals surface area contributed by atoms with Crippen molar-refractivity contribution in [3.8, 4) is 0 Å². The largest absolute Gasteiger partial charge is 0.345 e. The number of nitrogens with zero attached hydrogens (tertiary/aromatic N) is 3. The molecule has 2 heterocycles. The Labute approximate surface area is 123 Å². The van der Waals surface area contributed by atoms with Gasteiger partial charge in [-0.15, -0.1) is 11.3 Å². The summed E-state index contributed by atoms with van der Waals surface area (Å²) in [6.45, 7) is 3.51. The van der Waals surface area contributed by atoms with Crippen LogP contribution in [-0.2, 0) is 4.79 Å². The lowest BCUT2D eigenvalue weighted by Crippen LogP contribution is -2.50. The molecule has 0 spiro atoms. The fourth-order valence-corrected chi connectivity index (χ4v) is 4.49. The van der Waals surface area contributed by atoms with Crippen LogP contribution in [0.15, 0.2) is 23.7 Å². The molecule has 1 saturated carbocycles. The Hall–Kier alpha value is -1.36. The number of carbonyl (C=O) groups excluding carboxylic acids is 1. The highest BCUT2D eigenvalue weighted by Gasteiger charge is 2.41. The molecule has 4 rings (SSSR count). The van der Waals surface area contributed by atoms with Crippen LogP contribution in [0.2, 0.25) is 0 Å². The maximum Gasteiger partial charge on any atom is 0.226 e. The SMILES string of the molecule is O=C([C@@H]1C[C@H]2C=C[C@H]1C2)N1CCN(c2nccs2)CC1. The Morgan fingerprint density at radius 3 is 2.65 bits per heavy atom. The average Bonchev–Trinajstić information content (AvgIpc) is 3.23. The predicted octanol–water partition coefficient (Wildman–Crippen LogP) is 2.00. The van der Waals surface area contributed by atoms with E-state index in [1.807, 2.05) is 11.6 Å². The molecule has 106 valence electrons. The van der Waals surface area contributed by atoms with Crippen molar-refractivity contribution in [1.29, 1.82) is 0 Å². The zero-order valence-electron chi connectivity index (χ0n) is 11.4. The number of piperazine rings is 1. The van der Waals surface area contributed by atoms with Crippen molar-refractivity contribution < 1.29 is 4.79 Å². The van der Waals surface area contributed by atoms with Crippen LogP contribution in [-0.4, -0.2) is 42.0 Å². The number of aromatic nitrogens is 1. The van der Waals surface area contributed by atoms with E-state index in [1.165, 1.54) is 6.42 Å². The predicted molar refractivity (Wildman–Crippen MR) is 79.8 cm³/mol. The molecule has 3 aliphatic rings. The molecule has 1 amide bonds. The lowest BCUT2D eigenvalue weighted by Gasteiger charge is -2.36. The van der Waals surface area contributed by atoms with E-state index in [4.69, 9.17) is 0 Å². The van der Waals surface area contributed by atoms with Crippen LogP contribution in [0.1, 0.15) is 12.8 Å². The van der Waals surface area contributed by atoms with Crippen LogP contribution >= 0.6 is 11.3 Å². The third-order valence-corrected chi connectivity index (χ3v) is 5.71. The van der Waals surface area contributed by atoms with E-state index in [1.54, 1.807) is 11.3 Å². The van der Waals surface area contributed by atoms with E-state index in [0.717, 1.165) is 37.7 Å². The third kappa shape index (κ3) is 2.04. The summed E-state index contributed by atoms with van der Waals surface area (Å²) < 4.78 is 0. The van der Waals surface area contributed by atoms with Crippen LogP contribution < -0.4 is 4.90 Å². The molecule has 0 unspecified atom stereocenters. The molecule has 20 heavy (non-hydrogen) atoms. The van der Waals surface area contributed by atoms with Crippen LogP contribution in [0.3, 0.4) is 0 Å². The molecule has 0 N–H and O–H groups in total. The van der Waals surface area contributed by atoms with Crippen molar-refractivity contribution in [2.75, 3.05) is 31.1 Å². The van der Waals surface area contributed by atoms with Crippen LogP contribution in [0.4, 0.5) is 5.13 Å². The van der Waals surface area contributed by atoms with Crippen LogP contribution in [0.25, 0.3) is 0 Å². The lowest BCUT2D eigenvalue weighted by molar-refractivity contribution is -0.136. The molecule has 4 nitrogen and oxygen atoms in total. The van der Waals surface area contributed by atoms with Gasteiger partial charge in [0, 0.05) is 43.7 Å². The summed E-state index contributed by atoms with van der Waals surface area (Å²) in [6.07, 6.45) is 8.69. The molecule has 3 atom stereocenters. The third-order valence-electron chi connectivity index (χ3n) is 4.88. The second-order valence-corrected chi connectivity index (χ2v) is 6.89. The average molecular weight is 289 g/mol. The first-order chi connectivity index (χ1) is 9.81. The van der Waals surface area contributed by atoms with E-state index >= 15 is 0 Å². The number of carbonyl (C=O) groups is 1. The molecule has 1 saturated heterocycles. The standard InChI is InChI=1S/C15H19N3OS/c19-14(13-10-11-1-2-12(13)9-11)17-4-6-18(7-5-17)15-16-3-8-20-15/h1-3,8,11-13H,4-7,9-10H2/t11-,12-,13+/m0/s1. The minimum Gasteiger partial charge on any atom is -0.345 e. The fraction of sp³-hybridized carbons (Fsp3) is 0.600. The van der Waals surface area contributed by atoms with Gasteiger partial charge in [0.15, 0.2) is 5.13 Å². The number of hydrogen-bond acceptors (Lipinski definition) is 4. The number of rotatable bonds is 2. The number of anilines is 1. The summed E-state index contributed by atoms with van der Waals surface area (Å²) in [6, 6.07) is 0. The van der Waals surface area contributed by atoms with Gasteiger partial charge in [-0.2, -0.15) is 0 Å². The Bertz CT molecular complexity index is 519. The summed E-state index contributed by atoms with van der Waals surface area (Å²) in [5.74, 6) is 1.84. The molecular formula is C15H19N3OS. The Kier molecular flexibility index (Phi) is 3.02. The van der Waals surface area contributed by atoms with Crippen LogP contribution in [0.5, 0.6) is 0 Å². The van der Waals surface area contributed by atoms with Crippen molar-refractivity contribution in [1.82, 2.24) is 9.88 Å². The van der Waals surface area contributed by atoms with Gasteiger partial charge in [0.1, 0.15) is 0 Å². The first kappa shape index (κ1) is 12.4. The summed E-state index contributed by atoms with van der Waals surface area (Å²) in [5, 5.41) is 3.09. The van der Waals surface area contributed by atoms with Gasteiger partial charge in [0.25, 0.3) is 0 Å². The van der Waals surface area contributed by atoms with Crippen molar-refractivity contribution in [2.24, 2.45) is 17.8 Å². The maximum absolute atomic E-state index is 12.6. The van der Waals surface area contributed by atoms with E-state index < -0.39 is 0 Å². The van der Waals surface area contributed by atoms with Gasteiger partial charge in [-0.3, -0.25) is 4.79 Å². The highest BCUT2D eigenvalue weighted by atomic mass is 32.1. The molecule has 2 bridgehead atoms. The molecule has 2 aliphatic carbocycles. The van der Waals surface area contributed by atoms with E-state index in [2.05, 4.69) is 26.9 Å². The monoisotopic (exact) mass is 289 g/mol. The highest BCUT2D eigenvalue weighted by molar-refractivity contribution is 7.13. The molecular weight excluding hydrogens is 270 g/mol. The summed E-state index contributed by atoms with van der Waals surface area (Å²) in [4.78, 5) is 21.4. The van der Waals surface area contributed by atoms with Crippen molar-refractivity contribution in [3.05, 3.63) is 23.7 Å². The first-order valence-corrected chi connectivity index (χ1v) is 8.31. The minimum absolute atomic E-state index is 0.261. The zero-order chi connectivity index (χ0) is 13.5. The summed E-state index contributed by atoms with van der Waals surface area (Å²) >= 11 is 1.68. The van der Waals surface area contributed by atoms with Gasteiger partial charge in [-0.05, 0) is 24.7 Å². The molecule has 0 radical (unpaired) electrons. The highest BCUT2D eigenvalue weighted by Crippen LogP contribution is 2.44. The van der Waals surface area contributed by atoms with Crippen molar-refractivity contribution in [2.45, 2.75) is 12.8 Å². The molecule has 1 aromatic rings. The normalized spacial score (nSPS) is 32.1. The molecule has 5 heteroatoms.